The van der Waals surface area contributed by atoms with Crippen molar-refractivity contribution in [2.45, 2.75) is 19.4 Å². The average molecular weight is 288 g/mol. The molecule has 0 fully saturated rings. The number of benzene rings is 2. The average Bonchev–Trinajstić information content (AvgIpc) is 2.45. The fraction of sp³-hybridized carbons (Fsp3) is 0.353. The highest BCUT2D eigenvalue weighted by atomic mass is 19.1. The van der Waals surface area contributed by atoms with Gasteiger partial charge in [-0.2, -0.15) is 0 Å². The molecule has 4 heteroatoms. The van der Waals surface area contributed by atoms with Crippen molar-refractivity contribution >= 4 is 16.7 Å². The van der Waals surface area contributed by atoms with E-state index in [2.05, 4.69) is 24.1 Å². The minimum Gasteiger partial charge on any atom is -0.350 e. The van der Waals surface area contributed by atoms with Crippen LogP contribution < -0.4 is 5.32 Å². The van der Waals surface area contributed by atoms with Crippen LogP contribution in [0.3, 0.4) is 0 Å². The van der Waals surface area contributed by atoms with E-state index in [9.17, 15) is 9.18 Å². The Morgan fingerprint density at radius 2 is 1.76 bits per heavy atom. The smallest absolute Gasteiger partial charge is 0.251 e. The number of hydrogen-bond donors (Lipinski definition) is 1. The lowest BCUT2D eigenvalue weighted by Crippen LogP contribution is -2.48. The zero-order valence-electron chi connectivity index (χ0n) is 12.9. The van der Waals surface area contributed by atoms with Crippen LogP contribution in [0.25, 0.3) is 10.8 Å². The summed E-state index contributed by atoms with van der Waals surface area (Å²) >= 11 is 0. The number of carbonyl (C=O) groups is 1. The summed E-state index contributed by atoms with van der Waals surface area (Å²) < 4.78 is 13.8. The molecule has 0 aliphatic carbocycles. The van der Waals surface area contributed by atoms with Crippen molar-refractivity contribution in [3.63, 3.8) is 0 Å². The van der Waals surface area contributed by atoms with E-state index in [1.54, 1.807) is 18.2 Å². The van der Waals surface area contributed by atoms with Crippen molar-refractivity contribution in [2.24, 2.45) is 0 Å². The first-order valence-corrected chi connectivity index (χ1v) is 6.96. The third-order valence-corrected chi connectivity index (χ3v) is 4.01. The zero-order valence-corrected chi connectivity index (χ0v) is 12.9. The molecule has 2 aromatic rings. The summed E-state index contributed by atoms with van der Waals surface area (Å²) in [6.07, 6.45) is 0. The number of nitrogens with zero attached hydrogens (tertiary/aromatic N) is 1. The molecule has 0 radical (unpaired) electrons. The molecule has 0 atom stereocenters. The fourth-order valence-electron chi connectivity index (χ4n) is 2.01. The molecule has 2 aromatic carbocycles. The molecule has 1 amide bonds. The first kappa shape index (κ1) is 15.4. The van der Waals surface area contributed by atoms with E-state index in [1.165, 1.54) is 12.1 Å². The van der Waals surface area contributed by atoms with Crippen molar-refractivity contribution in [1.29, 1.82) is 0 Å². The second kappa shape index (κ2) is 5.82. The van der Waals surface area contributed by atoms with Gasteiger partial charge in [0.05, 0.1) is 0 Å². The molecule has 0 saturated carbocycles. The molecule has 0 heterocycles. The molecule has 112 valence electrons. The monoisotopic (exact) mass is 288 g/mol. The van der Waals surface area contributed by atoms with Gasteiger partial charge in [0.25, 0.3) is 5.91 Å². The lowest BCUT2D eigenvalue weighted by Gasteiger charge is -2.32. The van der Waals surface area contributed by atoms with Crippen molar-refractivity contribution in [1.82, 2.24) is 10.2 Å². The van der Waals surface area contributed by atoms with E-state index in [0.717, 1.165) is 0 Å². The van der Waals surface area contributed by atoms with Crippen LogP contribution in [0.4, 0.5) is 4.39 Å². The largest absolute Gasteiger partial charge is 0.350 e. The highest BCUT2D eigenvalue weighted by Crippen LogP contribution is 2.22. The van der Waals surface area contributed by atoms with Gasteiger partial charge in [-0.05, 0) is 45.5 Å². The lowest BCUT2D eigenvalue weighted by molar-refractivity contribution is 0.0921. The predicted molar refractivity (Wildman–Crippen MR) is 84.0 cm³/mol. The van der Waals surface area contributed by atoms with Crippen molar-refractivity contribution in [3.8, 4) is 0 Å². The van der Waals surface area contributed by atoms with Crippen molar-refractivity contribution in [3.05, 3.63) is 47.8 Å². The van der Waals surface area contributed by atoms with Crippen LogP contribution in [0.5, 0.6) is 0 Å². The van der Waals surface area contributed by atoms with Crippen LogP contribution in [0, 0.1) is 5.82 Å². The summed E-state index contributed by atoms with van der Waals surface area (Å²) in [5.41, 5.74) is 0.354. The highest BCUT2D eigenvalue weighted by molar-refractivity contribution is 6.07. The van der Waals surface area contributed by atoms with Crippen LogP contribution in [-0.2, 0) is 0 Å². The summed E-state index contributed by atoms with van der Waals surface area (Å²) in [5, 5.41) is 4.04. The molecule has 0 aliphatic rings. The number of hydrogen-bond acceptors (Lipinski definition) is 2. The topological polar surface area (TPSA) is 32.3 Å². The van der Waals surface area contributed by atoms with Crippen LogP contribution >= 0.6 is 0 Å². The van der Waals surface area contributed by atoms with E-state index in [4.69, 9.17) is 0 Å². The van der Waals surface area contributed by atoms with E-state index in [0.29, 0.717) is 22.9 Å². The number of nitrogens with one attached hydrogen (secondary N) is 1. The summed E-state index contributed by atoms with van der Waals surface area (Å²) in [6.45, 7) is 4.62. The van der Waals surface area contributed by atoms with Gasteiger partial charge in [0.15, 0.2) is 0 Å². The number of amides is 1. The molecule has 0 saturated heterocycles. The van der Waals surface area contributed by atoms with E-state index >= 15 is 0 Å². The molecular formula is C17H21FN2O. The standard InChI is InChI=1S/C17H21FN2O/c1-17(2,20(3)4)11-19-16(21)14-9-10-15(18)13-8-6-5-7-12(13)14/h5-10H,11H2,1-4H3,(H,19,21). The summed E-state index contributed by atoms with van der Waals surface area (Å²) in [7, 11) is 3.94. The molecule has 0 bridgehead atoms. The maximum atomic E-state index is 13.8. The third kappa shape index (κ3) is 3.22. The fourth-order valence-corrected chi connectivity index (χ4v) is 2.01. The van der Waals surface area contributed by atoms with Gasteiger partial charge in [-0.3, -0.25) is 4.79 Å². The molecule has 1 N–H and O–H groups in total. The van der Waals surface area contributed by atoms with Crippen molar-refractivity contribution in [2.75, 3.05) is 20.6 Å². The highest BCUT2D eigenvalue weighted by Gasteiger charge is 2.22. The normalized spacial score (nSPS) is 11.9. The second-order valence-corrected chi connectivity index (χ2v) is 6.03. The number of rotatable bonds is 4. The van der Waals surface area contributed by atoms with Gasteiger partial charge in [-0.1, -0.05) is 24.3 Å². The van der Waals surface area contributed by atoms with Crippen LogP contribution in [0.15, 0.2) is 36.4 Å². The molecule has 21 heavy (non-hydrogen) atoms. The first-order valence-electron chi connectivity index (χ1n) is 6.96. The quantitative estimate of drug-likeness (QED) is 0.938. The van der Waals surface area contributed by atoms with Gasteiger partial charge in [0.1, 0.15) is 5.82 Å². The van der Waals surface area contributed by atoms with Crippen molar-refractivity contribution < 1.29 is 9.18 Å². The van der Waals surface area contributed by atoms with Gasteiger partial charge in [-0.25, -0.2) is 4.39 Å². The van der Waals surface area contributed by atoms with Gasteiger partial charge >= 0.3 is 0 Å². The number of fused-ring (bicyclic) bond motifs is 1. The number of carbonyl (C=O) groups excluding carboxylic acids is 1. The Kier molecular flexibility index (Phi) is 4.28. The Balaban J connectivity index is 2.27. The van der Waals surface area contributed by atoms with Gasteiger partial charge in [0, 0.05) is 23.0 Å². The zero-order chi connectivity index (χ0) is 15.6. The Hall–Kier alpha value is -1.94. The summed E-state index contributed by atoms with van der Waals surface area (Å²) in [6, 6.07) is 9.91. The predicted octanol–water partition coefficient (Wildman–Crippen LogP) is 3.05. The molecule has 3 nitrogen and oxygen atoms in total. The lowest BCUT2D eigenvalue weighted by atomic mass is 10.0. The third-order valence-electron chi connectivity index (χ3n) is 4.01. The molecule has 2 rings (SSSR count). The molecule has 0 unspecified atom stereocenters. The maximum absolute atomic E-state index is 13.8. The van der Waals surface area contributed by atoms with E-state index in [1.807, 2.05) is 20.2 Å². The van der Waals surface area contributed by atoms with Gasteiger partial charge < -0.3 is 10.2 Å². The minimum absolute atomic E-state index is 0.147. The Labute approximate surface area is 124 Å². The second-order valence-electron chi connectivity index (χ2n) is 6.03. The first-order chi connectivity index (χ1) is 9.83. The molecule has 0 aliphatic heterocycles. The SMILES string of the molecule is CN(C)C(C)(C)CNC(=O)c1ccc(F)c2ccccc12. The maximum Gasteiger partial charge on any atom is 0.251 e. The Morgan fingerprint density at radius 3 is 2.38 bits per heavy atom. The Bertz CT molecular complexity index is 665. The van der Waals surface area contributed by atoms with Gasteiger partial charge in [-0.15, -0.1) is 0 Å². The summed E-state index contributed by atoms with van der Waals surface area (Å²) in [4.78, 5) is 14.4. The van der Waals surface area contributed by atoms with E-state index < -0.39 is 0 Å². The molecule has 0 aromatic heterocycles. The van der Waals surface area contributed by atoms with Crippen LogP contribution in [0.1, 0.15) is 24.2 Å². The molecule has 0 spiro atoms. The summed E-state index contributed by atoms with van der Waals surface area (Å²) in [5.74, 6) is -0.489. The molecular weight excluding hydrogens is 267 g/mol. The van der Waals surface area contributed by atoms with E-state index in [-0.39, 0.29) is 17.3 Å². The van der Waals surface area contributed by atoms with Crippen LogP contribution in [-0.4, -0.2) is 37.0 Å². The van der Waals surface area contributed by atoms with Crippen LogP contribution in [0.2, 0.25) is 0 Å². The number of halogens is 1. The van der Waals surface area contributed by atoms with Gasteiger partial charge in [0.2, 0.25) is 0 Å². The minimum atomic E-state index is -0.309. The number of likely N-dealkylation sites (N-methyl/N-ethyl adjacent to an activating group) is 1. The Morgan fingerprint density at radius 1 is 1.14 bits per heavy atom.